The van der Waals surface area contributed by atoms with Crippen LogP contribution in [0.3, 0.4) is 0 Å². The SMILES string of the molecule is Cc1ccc(OC(=O)c2ccc(-c3ccc(C4CCCCC4)c(F)c3F)cc2)cc1F. The van der Waals surface area contributed by atoms with Gasteiger partial charge in [0.25, 0.3) is 0 Å². The van der Waals surface area contributed by atoms with Crippen molar-refractivity contribution >= 4 is 5.97 Å². The van der Waals surface area contributed by atoms with E-state index in [1.165, 1.54) is 24.3 Å². The van der Waals surface area contributed by atoms with Crippen LogP contribution in [0.5, 0.6) is 5.75 Å². The van der Waals surface area contributed by atoms with E-state index in [4.69, 9.17) is 4.74 Å². The lowest BCUT2D eigenvalue weighted by atomic mass is 9.83. The van der Waals surface area contributed by atoms with Gasteiger partial charge in [-0.2, -0.15) is 0 Å². The van der Waals surface area contributed by atoms with E-state index in [0.717, 1.165) is 38.2 Å². The van der Waals surface area contributed by atoms with Crippen molar-refractivity contribution in [2.45, 2.75) is 44.9 Å². The molecule has 1 aliphatic rings. The van der Waals surface area contributed by atoms with Crippen LogP contribution in [0.15, 0.2) is 54.6 Å². The molecule has 160 valence electrons. The molecule has 0 aliphatic heterocycles. The zero-order valence-corrected chi connectivity index (χ0v) is 17.3. The molecule has 0 N–H and O–H groups in total. The zero-order chi connectivity index (χ0) is 22.0. The molecule has 0 bridgehead atoms. The molecule has 5 heteroatoms. The predicted molar refractivity (Wildman–Crippen MR) is 114 cm³/mol. The van der Waals surface area contributed by atoms with Crippen molar-refractivity contribution in [2.24, 2.45) is 0 Å². The van der Waals surface area contributed by atoms with Crippen molar-refractivity contribution < 1.29 is 22.7 Å². The summed E-state index contributed by atoms with van der Waals surface area (Å²) in [5, 5.41) is 0. The minimum absolute atomic E-state index is 0.0704. The van der Waals surface area contributed by atoms with Gasteiger partial charge in [-0.05, 0) is 60.6 Å². The van der Waals surface area contributed by atoms with Gasteiger partial charge in [-0.25, -0.2) is 18.0 Å². The van der Waals surface area contributed by atoms with E-state index in [-0.39, 0.29) is 22.8 Å². The lowest BCUT2D eigenvalue weighted by Gasteiger charge is -2.23. The maximum absolute atomic E-state index is 14.8. The predicted octanol–water partition coefficient (Wildman–Crippen LogP) is 7.35. The lowest BCUT2D eigenvalue weighted by Crippen LogP contribution is -2.09. The van der Waals surface area contributed by atoms with Crippen LogP contribution in [0, 0.1) is 24.4 Å². The average Bonchev–Trinajstić information content (AvgIpc) is 2.79. The van der Waals surface area contributed by atoms with Crippen molar-refractivity contribution in [3.05, 3.63) is 88.7 Å². The molecule has 0 spiro atoms. The number of hydrogen-bond acceptors (Lipinski definition) is 2. The maximum atomic E-state index is 14.8. The highest BCUT2D eigenvalue weighted by atomic mass is 19.2. The molecule has 1 saturated carbocycles. The molecule has 0 amide bonds. The van der Waals surface area contributed by atoms with Crippen LogP contribution >= 0.6 is 0 Å². The van der Waals surface area contributed by atoms with Crippen molar-refractivity contribution in [3.63, 3.8) is 0 Å². The Bertz CT molecular complexity index is 1100. The molecule has 0 atom stereocenters. The van der Waals surface area contributed by atoms with Crippen molar-refractivity contribution in [1.29, 1.82) is 0 Å². The van der Waals surface area contributed by atoms with Gasteiger partial charge in [0.2, 0.25) is 0 Å². The molecule has 0 aromatic heterocycles. The summed E-state index contributed by atoms with van der Waals surface area (Å²) in [5.41, 5.74) is 1.74. The van der Waals surface area contributed by atoms with Crippen LogP contribution in [0.2, 0.25) is 0 Å². The molecule has 3 aromatic carbocycles. The summed E-state index contributed by atoms with van der Waals surface area (Å²) in [7, 11) is 0. The minimum Gasteiger partial charge on any atom is -0.423 e. The maximum Gasteiger partial charge on any atom is 0.343 e. The molecule has 0 radical (unpaired) electrons. The first kappa shape index (κ1) is 21.2. The lowest BCUT2D eigenvalue weighted by molar-refractivity contribution is 0.0734. The molecule has 0 saturated heterocycles. The third kappa shape index (κ3) is 4.50. The quantitative estimate of drug-likeness (QED) is 0.323. The molecule has 1 fully saturated rings. The van der Waals surface area contributed by atoms with E-state index in [0.29, 0.717) is 16.7 Å². The number of halogens is 3. The summed E-state index contributed by atoms with van der Waals surface area (Å²) < 4.78 is 48.4. The second-order valence-electron chi connectivity index (χ2n) is 8.04. The van der Waals surface area contributed by atoms with E-state index in [9.17, 15) is 18.0 Å². The van der Waals surface area contributed by atoms with Gasteiger partial charge < -0.3 is 4.74 Å². The Kier molecular flexibility index (Phi) is 6.12. The Balaban J connectivity index is 1.53. The number of aryl methyl sites for hydroxylation is 1. The largest absolute Gasteiger partial charge is 0.423 e. The van der Waals surface area contributed by atoms with Crippen LogP contribution in [-0.2, 0) is 0 Å². The number of benzene rings is 3. The van der Waals surface area contributed by atoms with Gasteiger partial charge in [0.15, 0.2) is 11.6 Å². The van der Waals surface area contributed by atoms with Crippen molar-refractivity contribution in [1.82, 2.24) is 0 Å². The Morgan fingerprint density at radius 1 is 0.871 bits per heavy atom. The van der Waals surface area contributed by atoms with Gasteiger partial charge in [-0.3, -0.25) is 0 Å². The summed E-state index contributed by atoms with van der Waals surface area (Å²) >= 11 is 0. The fourth-order valence-corrected chi connectivity index (χ4v) is 4.11. The number of esters is 1. The highest BCUT2D eigenvalue weighted by Gasteiger charge is 2.23. The second kappa shape index (κ2) is 8.96. The summed E-state index contributed by atoms with van der Waals surface area (Å²) in [6, 6.07) is 13.5. The van der Waals surface area contributed by atoms with Gasteiger partial charge in [0.05, 0.1) is 5.56 Å². The highest BCUT2D eigenvalue weighted by Crippen LogP contribution is 2.37. The first-order chi connectivity index (χ1) is 14.9. The van der Waals surface area contributed by atoms with Gasteiger partial charge in [-0.1, -0.05) is 49.6 Å². The fourth-order valence-electron chi connectivity index (χ4n) is 4.11. The van der Waals surface area contributed by atoms with Crippen LogP contribution in [-0.4, -0.2) is 5.97 Å². The second-order valence-corrected chi connectivity index (χ2v) is 8.04. The molecular weight excluding hydrogens is 401 g/mol. The van der Waals surface area contributed by atoms with Crippen LogP contribution in [0.4, 0.5) is 13.2 Å². The summed E-state index contributed by atoms with van der Waals surface area (Å²) in [5.74, 6) is -2.60. The highest BCUT2D eigenvalue weighted by molar-refractivity contribution is 5.91. The standard InChI is InChI=1S/C26H23F3O2/c1-16-7-12-20(15-23(16)27)31-26(30)19-10-8-18(9-11-19)22-14-13-21(24(28)25(22)29)17-5-3-2-4-6-17/h7-15,17H,2-6H2,1H3. The van der Waals surface area contributed by atoms with Crippen molar-refractivity contribution in [2.75, 3.05) is 0 Å². The van der Waals surface area contributed by atoms with Gasteiger partial charge in [0.1, 0.15) is 11.6 Å². The number of carbonyl (C=O) groups is 1. The van der Waals surface area contributed by atoms with Gasteiger partial charge in [0, 0.05) is 11.6 Å². The summed E-state index contributed by atoms with van der Waals surface area (Å²) in [4.78, 5) is 12.3. The molecule has 31 heavy (non-hydrogen) atoms. The normalized spacial score (nSPS) is 14.5. The van der Waals surface area contributed by atoms with Gasteiger partial charge in [-0.15, -0.1) is 0 Å². The minimum atomic E-state index is -0.867. The molecule has 0 heterocycles. The molecule has 3 aromatic rings. The van der Waals surface area contributed by atoms with Gasteiger partial charge >= 0.3 is 5.97 Å². The first-order valence-electron chi connectivity index (χ1n) is 10.5. The zero-order valence-electron chi connectivity index (χ0n) is 17.3. The molecule has 2 nitrogen and oxygen atoms in total. The van der Waals surface area contributed by atoms with Crippen LogP contribution in [0.1, 0.15) is 59.5 Å². The fraction of sp³-hybridized carbons (Fsp3) is 0.269. The van der Waals surface area contributed by atoms with E-state index < -0.39 is 23.4 Å². The van der Waals surface area contributed by atoms with E-state index in [1.807, 2.05) is 0 Å². The first-order valence-corrected chi connectivity index (χ1v) is 10.5. The Labute approximate surface area is 179 Å². The van der Waals surface area contributed by atoms with Crippen LogP contribution in [0.25, 0.3) is 11.1 Å². The molecule has 1 aliphatic carbocycles. The third-order valence-electron chi connectivity index (χ3n) is 5.94. The van der Waals surface area contributed by atoms with E-state index in [2.05, 4.69) is 0 Å². The summed E-state index contributed by atoms with van der Waals surface area (Å²) in [6.45, 7) is 1.61. The monoisotopic (exact) mass is 424 g/mol. The number of rotatable bonds is 4. The summed E-state index contributed by atoms with van der Waals surface area (Å²) in [6.07, 6.45) is 5.00. The number of carbonyl (C=O) groups excluding carboxylic acids is 1. The number of hydrogen-bond donors (Lipinski definition) is 0. The smallest absolute Gasteiger partial charge is 0.343 e. The van der Waals surface area contributed by atoms with Crippen LogP contribution < -0.4 is 4.74 Å². The van der Waals surface area contributed by atoms with Crippen molar-refractivity contribution in [3.8, 4) is 16.9 Å². The Hall–Kier alpha value is -3.08. The molecule has 4 rings (SSSR count). The number of ether oxygens (including phenoxy) is 1. The Morgan fingerprint density at radius 2 is 1.58 bits per heavy atom. The Morgan fingerprint density at radius 3 is 2.26 bits per heavy atom. The van der Waals surface area contributed by atoms with E-state index in [1.54, 1.807) is 31.2 Å². The van der Waals surface area contributed by atoms with E-state index >= 15 is 0 Å². The molecule has 0 unspecified atom stereocenters. The average molecular weight is 424 g/mol. The topological polar surface area (TPSA) is 26.3 Å². The third-order valence-corrected chi connectivity index (χ3v) is 5.94. The molecular formula is C26H23F3O2.